The van der Waals surface area contributed by atoms with Crippen LogP contribution in [0.4, 0.5) is 4.79 Å². The summed E-state index contributed by atoms with van der Waals surface area (Å²) < 4.78 is 5.18. The molecule has 0 saturated heterocycles. The Morgan fingerprint density at radius 2 is 1.57 bits per heavy atom. The van der Waals surface area contributed by atoms with Gasteiger partial charge in [-0.3, -0.25) is 4.79 Å². The number of amides is 1. The van der Waals surface area contributed by atoms with E-state index >= 15 is 0 Å². The Morgan fingerprint density at radius 1 is 1.00 bits per heavy atom. The number of rotatable bonds is 11. The van der Waals surface area contributed by atoms with Crippen molar-refractivity contribution < 1.29 is 19.4 Å². The van der Waals surface area contributed by atoms with Crippen molar-refractivity contribution in [3.63, 3.8) is 0 Å². The van der Waals surface area contributed by atoms with Crippen LogP contribution in [-0.2, 0) is 9.53 Å². The standard InChI is InChI=1S/C18H35NO4/c1-6-8-9-10-11-12-13-18(7-2,15(20)21)14-19-16(22)23-17(3,4)5/h6-14H2,1-5H3,(H,19,22)(H,20,21). The predicted octanol–water partition coefficient (Wildman–Crippen LogP) is 4.74. The molecule has 0 aliphatic heterocycles. The number of hydrogen-bond donors (Lipinski definition) is 2. The smallest absolute Gasteiger partial charge is 0.407 e. The number of aliphatic carboxylic acids is 1. The summed E-state index contributed by atoms with van der Waals surface area (Å²) >= 11 is 0. The van der Waals surface area contributed by atoms with Crippen molar-refractivity contribution in [1.29, 1.82) is 0 Å². The lowest BCUT2D eigenvalue weighted by Gasteiger charge is -2.29. The van der Waals surface area contributed by atoms with Gasteiger partial charge in [-0.2, -0.15) is 0 Å². The van der Waals surface area contributed by atoms with E-state index in [-0.39, 0.29) is 6.54 Å². The molecular formula is C18H35NO4. The van der Waals surface area contributed by atoms with E-state index in [4.69, 9.17) is 4.74 Å². The molecule has 0 aromatic rings. The van der Waals surface area contributed by atoms with Crippen molar-refractivity contribution in [3.05, 3.63) is 0 Å². The van der Waals surface area contributed by atoms with Gasteiger partial charge in [-0.15, -0.1) is 0 Å². The molecule has 0 rings (SSSR count). The van der Waals surface area contributed by atoms with E-state index in [0.717, 1.165) is 19.3 Å². The minimum Gasteiger partial charge on any atom is -0.481 e. The molecule has 0 fully saturated rings. The van der Waals surface area contributed by atoms with E-state index < -0.39 is 23.1 Å². The van der Waals surface area contributed by atoms with Gasteiger partial charge in [0, 0.05) is 6.54 Å². The zero-order chi connectivity index (χ0) is 17.9. The van der Waals surface area contributed by atoms with Gasteiger partial charge < -0.3 is 15.2 Å². The number of carboxylic acid groups (broad SMARTS) is 1. The van der Waals surface area contributed by atoms with Crippen LogP contribution in [0.25, 0.3) is 0 Å². The molecule has 1 unspecified atom stereocenters. The van der Waals surface area contributed by atoms with Gasteiger partial charge in [0.25, 0.3) is 0 Å². The van der Waals surface area contributed by atoms with E-state index in [1.54, 1.807) is 20.8 Å². The number of ether oxygens (including phenoxy) is 1. The number of carbonyl (C=O) groups is 2. The summed E-state index contributed by atoms with van der Waals surface area (Å²) in [5.41, 5.74) is -1.48. The summed E-state index contributed by atoms with van der Waals surface area (Å²) in [6.07, 6.45) is 7.23. The molecular weight excluding hydrogens is 294 g/mol. The molecule has 0 radical (unpaired) electrons. The number of nitrogens with one attached hydrogen (secondary N) is 1. The van der Waals surface area contributed by atoms with Crippen LogP contribution in [-0.4, -0.2) is 29.3 Å². The van der Waals surface area contributed by atoms with Crippen molar-refractivity contribution >= 4 is 12.1 Å². The third kappa shape index (κ3) is 9.47. The third-order valence-corrected chi connectivity index (χ3v) is 4.11. The number of carboxylic acids is 1. The SMILES string of the molecule is CCCCCCCCC(CC)(CNC(=O)OC(C)(C)C)C(=O)O. The molecule has 0 spiro atoms. The van der Waals surface area contributed by atoms with Gasteiger partial charge in [-0.05, 0) is 33.6 Å². The van der Waals surface area contributed by atoms with Gasteiger partial charge in [0.05, 0.1) is 5.41 Å². The molecule has 0 aromatic carbocycles. The first-order valence-corrected chi connectivity index (χ1v) is 8.87. The fraction of sp³-hybridized carbons (Fsp3) is 0.889. The highest BCUT2D eigenvalue weighted by molar-refractivity contribution is 5.76. The normalized spacial score (nSPS) is 14.1. The quantitative estimate of drug-likeness (QED) is 0.537. The molecule has 0 aliphatic rings. The van der Waals surface area contributed by atoms with Crippen molar-refractivity contribution in [1.82, 2.24) is 5.32 Å². The van der Waals surface area contributed by atoms with Gasteiger partial charge in [-0.1, -0.05) is 52.4 Å². The Labute approximate surface area is 141 Å². The predicted molar refractivity (Wildman–Crippen MR) is 92.6 cm³/mol. The molecule has 0 bridgehead atoms. The first-order chi connectivity index (χ1) is 10.7. The van der Waals surface area contributed by atoms with Crippen LogP contribution < -0.4 is 5.32 Å². The summed E-state index contributed by atoms with van der Waals surface area (Å²) in [5.74, 6) is -0.843. The largest absolute Gasteiger partial charge is 0.481 e. The second kappa shape index (κ2) is 10.5. The third-order valence-electron chi connectivity index (χ3n) is 4.11. The summed E-state index contributed by atoms with van der Waals surface area (Å²) in [4.78, 5) is 23.5. The van der Waals surface area contributed by atoms with E-state index in [0.29, 0.717) is 12.8 Å². The Balaban J connectivity index is 4.43. The monoisotopic (exact) mass is 329 g/mol. The van der Waals surface area contributed by atoms with Gasteiger partial charge in [0.1, 0.15) is 5.60 Å². The van der Waals surface area contributed by atoms with Crippen molar-refractivity contribution in [2.75, 3.05) is 6.54 Å². The maximum atomic E-state index is 11.8. The number of carbonyl (C=O) groups excluding carboxylic acids is 1. The first-order valence-electron chi connectivity index (χ1n) is 8.87. The van der Waals surface area contributed by atoms with Crippen LogP contribution in [0, 0.1) is 5.41 Å². The van der Waals surface area contributed by atoms with E-state index in [2.05, 4.69) is 12.2 Å². The fourth-order valence-electron chi connectivity index (χ4n) is 2.52. The average Bonchev–Trinajstić information content (AvgIpc) is 2.44. The Kier molecular flexibility index (Phi) is 9.93. The van der Waals surface area contributed by atoms with Gasteiger partial charge >= 0.3 is 12.1 Å². The molecule has 5 nitrogen and oxygen atoms in total. The Bertz CT molecular complexity index is 363. The van der Waals surface area contributed by atoms with Crippen LogP contribution in [0.1, 0.15) is 86.0 Å². The first kappa shape index (κ1) is 21.7. The Hall–Kier alpha value is -1.26. The Morgan fingerprint density at radius 3 is 2.04 bits per heavy atom. The zero-order valence-corrected chi connectivity index (χ0v) is 15.5. The summed E-state index contributed by atoms with van der Waals surface area (Å²) in [5, 5.41) is 12.2. The molecule has 1 amide bonds. The van der Waals surface area contributed by atoms with Crippen LogP contribution in [0.2, 0.25) is 0 Å². The van der Waals surface area contributed by atoms with Crippen LogP contribution in [0.5, 0.6) is 0 Å². The minimum absolute atomic E-state index is 0.114. The number of hydrogen-bond acceptors (Lipinski definition) is 3. The molecule has 1 atom stereocenters. The van der Waals surface area contributed by atoms with Crippen LogP contribution >= 0.6 is 0 Å². The molecule has 2 N–H and O–H groups in total. The van der Waals surface area contributed by atoms with Gasteiger partial charge in [-0.25, -0.2) is 4.79 Å². The highest BCUT2D eigenvalue weighted by Gasteiger charge is 2.36. The molecule has 23 heavy (non-hydrogen) atoms. The van der Waals surface area contributed by atoms with Crippen LogP contribution in [0.15, 0.2) is 0 Å². The topological polar surface area (TPSA) is 75.6 Å². The minimum atomic E-state index is -0.901. The maximum absolute atomic E-state index is 11.8. The lowest BCUT2D eigenvalue weighted by atomic mass is 9.80. The van der Waals surface area contributed by atoms with E-state index in [9.17, 15) is 14.7 Å². The van der Waals surface area contributed by atoms with E-state index in [1.807, 2.05) is 6.92 Å². The van der Waals surface area contributed by atoms with E-state index in [1.165, 1.54) is 19.3 Å². The lowest BCUT2D eigenvalue weighted by molar-refractivity contribution is -0.149. The lowest BCUT2D eigenvalue weighted by Crippen LogP contribution is -2.44. The molecule has 5 heteroatoms. The molecule has 0 heterocycles. The highest BCUT2D eigenvalue weighted by Crippen LogP contribution is 2.29. The van der Waals surface area contributed by atoms with Crippen molar-refractivity contribution in [3.8, 4) is 0 Å². The van der Waals surface area contributed by atoms with Gasteiger partial charge in [0.15, 0.2) is 0 Å². The average molecular weight is 329 g/mol. The van der Waals surface area contributed by atoms with Crippen molar-refractivity contribution in [2.24, 2.45) is 5.41 Å². The number of unbranched alkanes of at least 4 members (excludes halogenated alkanes) is 5. The summed E-state index contributed by atoms with van der Waals surface area (Å²) in [6, 6.07) is 0. The van der Waals surface area contributed by atoms with Crippen molar-refractivity contribution in [2.45, 2.75) is 91.6 Å². The molecule has 0 aliphatic carbocycles. The summed E-state index contributed by atoms with van der Waals surface area (Å²) in [6.45, 7) is 9.51. The molecule has 0 aromatic heterocycles. The molecule has 136 valence electrons. The maximum Gasteiger partial charge on any atom is 0.407 e. The summed E-state index contributed by atoms with van der Waals surface area (Å²) in [7, 11) is 0. The second-order valence-corrected chi connectivity index (χ2v) is 7.31. The second-order valence-electron chi connectivity index (χ2n) is 7.31. The zero-order valence-electron chi connectivity index (χ0n) is 15.5. The molecule has 0 saturated carbocycles. The fourth-order valence-corrected chi connectivity index (χ4v) is 2.52. The van der Waals surface area contributed by atoms with Gasteiger partial charge in [0.2, 0.25) is 0 Å². The van der Waals surface area contributed by atoms with Crippen LogP contribution in [0.3, 0.4) is 0 Å². The highest BCUT2D eigenvalue weighted by atomic mass is 16.6. The number of alkyl carbamates (subject to hydrolysis) is 1.